The third-order valence-corrected chi connectivity index (χ3v) is 5.33. The minimum absolute atomic E-state index is 0.0147. The van der Waals surface area contributed by atoms with Crippen LogP contribution in [0.25, 0.3) is 16.9 Å². The average Bonchev–Trinajstić information content (AvgIpc) is 3.26. The molecule has 7 nitrogen and oxygen atoms in total. The molecular formula is C26H30N2O5. The van der Waals surface area contributed by atoms with Crippen LogP contribution in [0.3, 0.4) is 0 Å². The molecule has 33 heavy (non-hydrogen) atoms. The van der Waals surface area contributed by atoms with Crippen molar-refractivity contribution in [3.05, 3.63) is 71.4 Å². The van der Waals surface area contributed by atoms with E-state index in [-0.39, 0.29) is 11.3 Å². The van der Waals surface area contributed by atoms with Crippen LogP contribution in [0.15, 0.2) is 54.6 Å². The summed E-state index contributed by atoms with van der Waals surface area (Å²) in [5.74, 6) is -1.34. The maximum atomic E-state index is 12.9. The van der Waals surface area contributed by atoms with Crippen molar-refractivity contribution < 1.29 is 23.8 Å². The Bertz CT molecular complexity index is 1080. The number of rotatable bonds is 11. The fourth-order valence-corrected chi connectivity index (χ4v) is 3.63. The Balaban J connectivity index is 2.07. The van der Waals surface area contributed by atoms with Gasteiger partial charge in [0.15, 0.2) is 5.69 Å². The Morgan fingerprint density at radius 1 is 0.879 bits per heavy atom. The lowest BCUT2D eigenvalue weighted by Gasteiger charge is -2.10. The summed E-state index contributed by atoms with van der Waals surface area (Å²) in [5.41, 5.74) is 2.61. The zero-order chi connectivity index (χ0) is 23.6. The highest BCUT2D eigenvalue weighted by molar-refractivity contribution is 6.07. The number of unbranched alkanes of at least 4 members (excludes halogenated alkanes) is 3. The molecule has 0 spiro atoms. The van der Waals surface area contributed by atoms with Gasteiger partial charge in [0, 0.05) is 12.2 Å². The lowest BCUT2D eigenvalue weighted by molar-refractivity contribution is 0.0549. The molecule has 0 fully saturated rings. The summed E-state index contributed by atoms with van der Waals surface area (Å²) in [6.07, 6.45) is 4.49. The molecule has 174 valence electrons. The molecule has 7 heteroatoms. The van der Waals surface area contributed by atoms with Gasteiger partial charge in [-0.3, -0.25) is 0 Å². The van der Waals surface area contributed by atoms with E-state index in [4.69, 9.17) is 14.2 Å². The first kappa shape index (κ1) is 24.2. The fraction of sp³-hybridized carbons (Fsp3) is 0.346. The van der Waals surface area contributed by atoms with Gasteiger partial charge in [-0.05, 0) is 24.1 Å². The number of carbonyl (C=O) groups is 2. The van der Waals surface area contributed by atoms with Crippen LogP contribution in [0.5, 0.6) is 0 Å². The van der Waals surface area contributed by atoms with Crippen molar-refractivity contribution in [1.82, 2.24) is 9.78 Å². The number of hydrogen-bond acceptors (Lipinski definition) is 6. The van der Waals surface area contributed by atoms with E-state index in [1.54, 1.807) is 12.1 Å². The van der Waals surface area contributed by atoms with Gasteiger partial charge in [0.2, 0.25) is 0 Å². The third kappa shape index (κ3) is 5.68. The second kappa shape index (κ2) is 12.0. The molecule has 2 aromatic carbocycles. The summed E-state index contributed by atoms with van der Waals surface area (Å²) in [6, 6.07) is 16.7. The molecule has 0 aliphatic rings. The second-order valence-electron chi connectivity index (χ2n) is 7.57. The molecule has 3 aromatic rings. The number of para-hydroxylation sites is 1. The standard InChI is InChI=1S/C26H30N2O5/c1-4-5-6-12-17-33-18-19-13-10-11-16-21(19)23-22(25(29)31-2)24(26(30)32-3)28(27-23)20-14-8-7-9-15-20/h7-11,13-16H,4-6,12,17-18H2,1-3H3. The number of aromatic nitrogens is 2. The molecule has 0 aliphatic heterocycles. The van der Waals surface area contributed by atoms with Crippen LogP contribution in [-0.4, -0.2) is 42.5 Å². The Morgan fingerprint density at radius 2 is 1.58 bits per heavy atom. The highest BCUT2D eigenvalue weighted by atomic mass is 16.5. The monoisotopic (exact) mass is 450 g/mol. The van der Waals surface area contributed by atoms with E-state index in [1.165, 1.54) is 31.7 Å². The van der Waals surface area contributed by atoms with Crippen molar-refractivity contribution in [1.29, 1.82) is 0 Å². The molecule has 0 bridgehead atoms. The molecule has 0 N–H and O–H groups in total. The van der Waals surface area contributed by atoms with Crippen molar-refractivity contribution in [2.75, 3.05) is 20.8 Å². The van der Waals surface area contributed by atoms with Crippen LogP contribution in [0.4, 0.5) is 0 Å². The predicted octanol–water partition coefficient (Wildman–Crippen LogP) is 5.21. The minimum Gasteiger partial charge on any atom is -0.465 e. The van der Waals surface area contributed by atoms with Gasteiger partial charge in [0.1, 0.15) is 11.3 Å². The summed E-state index contributed by atoms with van der Waals surface area (Å²) < 4.78 is 17.3. The van der Waals surface area contributed by atoms with E-state index < -0.39 is 11.9 Å². The SMILES string of the molecule is CCCCCCOCc1ccccc1-c1nn(-c2ccccc2)c(C(=O)OC)c1C(=O)OC. The molecule has 0 saturated heterocycles. The first-order valence-corrected chi connectivity index (χ1v) is 11.1. The van der Waals surface area contributed by atoms with Crippen molar-refractivity contribution in [2.24, 2.45) is 0 Å². The molecule has 3 rings (SSSR count). The van der Waals surface area contributed by atoms with Crippen LogP contribution in [0.1, 0.15) is 59.0 Å². The summed E-state index contributed by atoms with van der Waals surface area (Å²) in [6.45, 7) is 3.20. The second-order valence-corrected chi connectivity index (χ2v) is 7.57. The maximum absolute atomic E-state index is 12.9. The van der Waals surface area contributed by atoms with Crippen molar-refractivity contribution >= 4 is 11.9 Å². The topological polar surface area (TPSA) is 79.7 Å². The van der Waals surface area contributed by atoms with Crippen LogP contribution >= 0.6 is 0 Å². The number of benzene rings is 2. The molecular weight excluding hydrogens is 420 g/mol. The molecule has 0 amide bonds. The lowest BCUT2D eigenvalue weighted by atomic mass is 10.0. The number of ether oxygens (including phenoxy) is 3. The van der Waals surface area contributed by atoms with Crippen molar-refractivity contribution in [3.8, 4) is 16.9 Å². The van der Waals surface area contributed by atoms with Gasteiger partial charge in [-0.1, -0.05) is 68.7 Å². The zero-order valence-electron chi connectivity index (χ0n) is 19.4. The van der Waals surface area contributed by atoms with Crippen molar-refractivity contribution in [2.45, 2.75) is 39.2 Å². The highest BCUT2D eigenvalue weighted by Gasteiger charge is 2.32. The van der Waals surface area contributed by atoms with E-state index >= 15 is 0 Å². The summed E-state index contributed by atoms with van der Waals surface area (Å²) >= 11 is 0. The van der Waals surface area contributed by atoms with E-state index in [9.17, 15) is 9.59 Å². The molecule has 1 heterocycles. The van der Waals surface area contributed by atoms with Crippen molar-refractivity contribution in [3.63, 3.8) is 0 Å². The zero-order valence-corrected chi connectivity index (χ0v) is 19.4. The molecule has 0 saturated carbocycles. The summed E-state index contributed by atoms with van der Waals surface area (Å²) in [4.78, 5) is 25.6. The smallest absolute Gasteiger partial charge is 0.357 e. The van der Waals surface area contributed by atoms with E-state index in [0.29, 0.717) is 30.2 Å². The summed E-state index contributed by atoms with van der Waals surface area (Å²) in [5, 5.41) is 4.68. The Hall–Kier alpha value is -3.45. The highest BCUT2D eigenvalue weighted by Crippen LogP contribution is 2.31. The predicted molar refractivity (Wildman–Crippen MR) is 125 cm³/mol. The normalized spacial score (nSPS) is 10.8. The van der Waals surface area contributed by atoms with Crippen LogP contribution in [-0.2, 0) is 20.8 Å². The van der Waals surface area contributed by atoms with Gasteiger partial charge in [0.25, 0.3) is 0 Å². The fourth-order valence-electron chi connectivity index (χ4n) is 3.63. The number of carbonyl (C=O) groups excluding carboxylic acids is 2. The van der Waals surface area contributed by atoms with Crippen LogP contribution in [0.2, 0.25) is 0 Å². The van der Waals surface area contributed by atoms with Gasteiger partial charge in [0.05, 0.1) is 26.5 Å². The molecule has 1 aromatic heterocycles. The van der Waals surface area contributed by atoms with Gasteiger partial charge >= 0.3 is 11.9 Å². The van der Waals surface area contributed by atoms with Gasteiger partial charge in [-0.2, -0.15) is 5.10 Å². The molecule has 0 radical (unpaired) electrons. The number of nitrogens with zero attached hydrogens (tertiary/aromatic N) is 2. The van der Waals surface area contributed by atoms with Gasteiger partial charge < -0.3 is 14.2 Å². The van der Waals surface area contributed by atoms with E-state index in [0.717, 1.165) is 18.4 Å². The first-order chi connectivity index (χ1) is 16.1. The average molecular weight is 451 g/mol. The number of hydrogen-bond donors (Lipinski definition) is 0. The van der Waals surface area contributed by atoms with Crippen LogP contribution < -0.4 is 0 Å². The van der Waals surface area contributed by atoms with Crippen LogP contribution in [0, 0.1) is 0 Å². The Morgan fingerprint density at radius 3 is 2.27 bits per heavy atom. The quantitative estimate of drug-likeness (QED) is 0.295. The van der Waals surface area contributed by atoms with E-state index in [1.807, 2.05) is 42.5 Å². The maximum Gasteiger partial charge on any atom is 0.357 e. The minimum atomic E-state index is -0.678. The van der Waals surface area contributed by atoms with Gasteiger partial charge in [-0.25, -0.2) is 14.3 Å². The summed E-state index contributed by atoms with van der Waals surface area (Å²) in [7, 11) is 2.55. The molecule has 0 atom stereocenters. The van der Waals surface area contributed by atoms with Gasteiger partial charge in [-0.15, -0.1) is 0 Å². The Kier molecular flexibility index (Phi) is 8.78. The molecule has 0 unspecified atom stereocenters. The first-order valence-electron chi connectivity index (χ1n) is 11.1. The Labute approximate surface area is 194 Å². The third-order valence-electron chi connectivity index (χ3n) is 5.33. The molecule has 0 aliphatic carbocycles. The number of methoxy groups -OCH3 is 2. The van der Waals surface area contributed by atoms with E-state index in [2.05, 4.69) is 12.0 Å². The number of esters is 2. The lowest BCUT2D eigenvalue weighted by Crippen LogP contribution is -2.15. The largest absolute Gasteiger partial charge is 0.465 e.